The first-order chi connectivity index (χ1) is 9.10. The molecule has 0 aliphatic carbocycles. The van der Waals surface area contributed by atoms with Crippen LogP contribution in [0.3, 0.4) is 0 Å². The summed E-state index contributed by atoms with van der Waals surface area (Å²) in [5.74, 6) is 1.36. The molecule has 0 aliphatic rings. The van der Waals surface area contributed by atoms with Gasteiger partial charge in [0.05, 0.1) is 18.0 Å². The number of hydrogen-bond donors (Lipinski definition) is 1. The minimum atomic E-state index is -0.573. The molecule has 1 N–H and O–H groups in total. The average Bonchev–Trinajstić information content (AvgIpc) is 2.41. The zero-order valence-electron chi connectivity index (χ0n) is 10.9. The molecule has 0 aliphatic heterocycles. The van der Waals surface area contributed by atoms with Crippen LogP contribution >= 0.6 is 11.6 Å². The van der Waals surface area contributed by atoms with Gasteiger partial charge >= 0.3 is 0 Å². The summed E-state index contributed by atoms with van der Waals surface area (Å²) in [4.78, 5) is 4.13. The second kappa shape index (κ2) is 6.04. The zero-order valence-corrected chi connectivity index (χ0v) is 11.7. The number of nitrogens with zero attached hydrogens (tertiary/aromatic N) is 1. The number of aliphatic hydroxyl groups excluding tert-OH is 1. The molecule has 19 heavy (non-hydrogen) atoms. The first-order valence-electron chi connectivity index (χ1n) is 6.20. The van der Waals surface area contributed by atoms with Crippen molar-refractivity contribution in [3.8, 4) is 11.5 Å². The number of pyridine rings is 1. The molecular weight excluding hydrogens is 262 g/mol. The van der Waals surface area contributed by atoms with E-state index in [1.54, 1.807) is 25.3 Å². The molecule has 1 aromatic heterocycles. The Balaban J connectivity index is 2.16. The second-order valence-corrected chi connectivity index (χ2v) is 4.71. The monoisotopic (exact) mass is 277 g/mol. The van der Waals surface area contributed by atoms with Crippen LogP contribution in [0.4, 0.5) is 0 Å². The first kappa shape index (κ1) is 13.8. The van der Waals surface area contributed by atoms with Gasteiger partial charge in [-0.1, -0.05) is 18.5 Å². The van der Waals surface area contributed by atoms with Crippen molar-refractivity contribution < 1.29 is 9.84 Å². The van der Waals surface area contributed by atoms with Crippen molar-refractivity contribution in [2.75, 3.05) is 0 Å². The third-order valence-corrected chi connectivity index (χ3v) is 3.19. The molecule has 0 radical (unpaired) electrons. The van der Waals surface area contributed by atoms with Crippen molar-refractivity contribution in [3.05, 3.63) is 52.8 Å². The van der Waals surface area contributed by atoms with E-state index in [0.29, 0.717) is 11.4 Å². The predicted octanol–water partition coefficient (Wildman–Crippen LogP) is 4.14. The van der Waals surface area contributed by atoms with Crippen LogP contribution in [0.25, 0.3) is 0 Å². The second-order valence-electron chi connectivity index (χ2n) is 4.30. The van der Waals surface area contributed by atoms with Gasteiger partial charge in [0.2, 0.25) is 0 Å². The quantitative estimate of drug-likeness (QED) is 0.913. The van der Waals surface area contributed by atoms with Crippen molar-refractivity contribution >= 4 is 11.6 Å². The van der Waals surface area contributed by atoms with E-state index in [0.717, 1.165) is 22.8 Å². The Hall–Kier alpha value is -1.58. The molecule has 0 spiro atoms. The summed E-state index contributed by atoms with van der Waals surface area (Å²) in [6.07, 6.45) is 1.88. The lowest BCUT2D eigenvalue weighted by atomic mass is 10.1. The van der Waals surface area contributed by atoms with E-state index in [4.69, 9.17) is 16.3 Å². The van der Waals surface area contributed by atoms with Crippen LogP contribution in [0.15, 0.2) is 36.5 Å². The molecule has 1 atom stereocenters. The lowest BCUT2D eigenvalue weighted by Gasteiger charge is -2.09. The minimum absolute atomic E-state index is 0.573. The fourth-order valence-electron chi connectivity index (χ4n) is 1.72. The van der Waals surface area contributed by atoms with Gasteiger partial charge in [-0.25, -0.2) is 0 Å². The van der Waals surface area contributed by atoms with Crippen LogP contribution < -0.4 is 4.74 Å². The van der Waals surface area contributed by atoms with Crippen LogP contribution in [0.5, 0.6) is 11.5 Å². The van der Waals surface area contributed by atoms with Crippen molar-refractivity contribution in [1.29, 1.82) is 0 Å². The summed E-state index contributed by atoms with van der Waals surface area (Å²) in [7, 11) is 0. The van der Waals surface area contributed by atoms with Crippen LogP contribution in [0.2, 0.25) is 5.02 Å². The van der Waals surface area contributed by atoms with Crippen LogP contribution in [-0.4, -0.2) is 10.1 Å². The molecule has 0 bridgehead atoms. The first-order valence-corrected chi connectivity index (χ1v) is 6.58. The van der Waals surface area contributed by atoms with Crippen LogP contribution in [0, 0.1) is 0 Å². The van der Waals surface area contributed by atoms with Crippen molar-refractivity contribution in [2.24, 2.45) is 0 Å². The molecule has 3 nitrogen and oxygen atoms in total. The number of aryl methyl sites for hydroxylation is 1. The molecule has 2 aromatic rings. The Kier molecular flexibility index (Phi) is 4.40. The summed E-state index contributed by atoms with van der Waals surface area (Å²) >= 11 is 6.06. The number of ether oxygens (including phenoxy) is 1. The molecule has 0 amide bonds. The van der Waals surface area contributed by atoms with Crippen LogP contribution in [0.1, 0.15) is 31.2 Å². The topological polar surface area (TPSA) is 42.4 Å². The van der Waals surface area contributed by atoms with E-state index in [1.807, 2.05) is 25.1 Å². The van der Waals surface area contributed by atoms with Gasteiger partial charge in [-0.15, -0.1) is 0 Å². The van der Waals surface area contributed by atoms with Gasteiger partial charge in [0.1, 0.15) is 11.5 Å². The van der Waals surface area contributed by atoms with Gasteiger partial charge in [-0.3, -0.25) is 4.98 Å². The number of aliphatic hydroxyl groups is 1. The number of halogens is 1. The smallest absolute Gasteiger partial charge is 0.145 e. The highest BCUT2D eigenvalue weighted by atomic mass is 35.5. The normalized spacial score (nSPS) is 12.2. The maximum atomic E-state index is 9.39. The van der Waals surface area contributed by atoms with E-state index in [2.05, 4.69) is 4.98 Å². The van der Waals surface area contributed by atoms with Crippen molar-refractivity contribution in [3.63, 3.8) is 0 Å². The number of hydrogen-bond acceptors (Lipinski definition) is 3. The molecular formula is C15H16ClNO2. The molecule has 0 saturated carbocycles. The van der Waals surface area contributed by atoms with Gasteiger partial charge in [-0.2, -0.15) is 0 Å². The third kappa shape index (κ3) is 3.46. The highest BCUT2D eigenvalue weighted by Gasteiger charge is 2.05. The van der Waals surface area contributed by atoms with E-state index < -0.39 is 6.10 Å². The maximum absolute atomic E-state index is 9.39. The third-order valence-electron chi connectivity index (χ3n) is 2.82. The van der Waals surface area contributed by atoms with E-state index >= 15 is 0 Å². The van der Waals surface area contributed by atoms with Crippen molar-refractivity contribution in [1.82, 2.24) is 4.98 Å². The molecule has 100 valence electrons. The van der Waals surface area contributed by atoms with Gasteiger partial charge in [0.15, 0.2) is 0 Å². The molecule has 1 unspecified atom stereocenters. The Morgan fingerprint density at radius 1 is 1.26 bits per heavy atom. The summed E-state index contributed by atoms with van der Waals surface area (Å²) in [5, 5.41) is 10.1. The standard InChI is InChI=1S/C15H16ClNO2/c1-3-11-8-12(4-6-14(11)16)19-13-5-7-15(10(2)18)17-9-13/h4-10,18H,3H2,1-2H3. The van der Waals surface area contributed by atoms with Gasteiger partial charge in [-0.05, 0) is 49.2 Å². The van der Waals surface area contributed by atoms with E-state index in [-0.39, 0.29) is 0 Å². The Labute approximate surface area is 117 Å². The summed E-state index contributed by atoms with van der Waals surface area (Å²) < 4.78 is 5.71. The molecule has 1 heterocycles. The Bertz CT molecular complexity index is 553. The highest BCUT2D eigenvalue weighted by molar-refractivity contribution is 6.31. The molecule has 0 saturated heterocycles. The van der Waals surface area contributed by atoms with Gasteiger partial charge in [0.25, 0.3) is 0 Å². The van der Waals surface area contributed by atoms with Crippen molar-refractivity contribution in [2.45, 2.75) is 26.4 Å². The Morgan fingerprint density at radius 3 is 2.58 bits per heavy atom. The number of rotatable bonds is 4. The largest absolute Gasteiger partial charge is 0.456 e. The summed E-state index contributed by atoms with van der Waals surface area (Å²) in [6, 6.07) is 9.11. The van der Waals surface area contributed by atoms with Gasteiger partial charge in [0, 0.05) is 5.02 Å². The molecule has 1 aromatic carbocycles. The lowest BCUT2D eigenvalue weighted by molar-refractivity contribution is 0.194. The molecule has 2 rings (SSSR count). The van der Waals surface area contributed by atoms with E-state index in [9.17, 15) is 5.11 Å². The molecule has 0 fully saturated rings. The fraction of sp³-hybridized carbons (Fsp3) is 0.267. The zero-order chi connectivity index (χ0) is 13.8. The van der Waals surface area contributed by atoms with Gasteiger partial charge < -0.3 is 9.84 Å². The SMILES string of the molecule is CCc1cc(Oc2ccc(C(C)O)nc2)ccc1Cl. The molecule has 4 heteroatoms. The Morgan fingerprint density at radius 2 is 2.00 bits per heavy atom. The number of aromatic nitrogens is 1. The lowest BCUT2D eigenvalue weighted by Crippen LogP contribution is -1.95. The van der Waals surface area contributed by atoms with Crippen LogP contribution in [-0.2, 0) is 6.42 Å². The summed E-state index contributed by atoms with van der Waals surface area (Å²) in [5.41, 5.74) is 1.67. The predicted molar refractivity (Wildman–Crippen MR) is 75.8 cm³/mol. The fourth-order valence-corrected chi connectivity index (χ4v) is 1.97. The summed E-state index contributed by atoms with van der Waals surface area (Å²) in [6.45, 7) is 3.72. The average molecular weight is 278 g/mol. The highest BCUT2D eigenvalue weighted by Crippen LogP contribution is 2.26. The number of benzene rings is 1. The maximum Gasteiger partial charge on any atom is 0.145 e. The minimum Gasteiger partial charge on any atom is -0.456 e. The van der Waals surface area contributed by atoms with E-state index in [1.165, 1.54) is 0 Å².